The number of ether oxygens (including phenoxy) is 1. The van der Waals surface area contributed by atoms with Crippen LogP contribution < -0.4 is 5.32 Å². The van der Waals surface area contributed by atoms with Crippen molar-refractivity contribution in [2.24, 2.45) is 0 Å². The molecular weight excluding hydrogens is 376 g/mol. The van der Waals surface area contributed by atoms with Gasteiger partial charge in [-0.25, -0.2) is 4.79 Å². The first-order valence-corrected chi connectivity index (χ1v) is 8.23. The van der Waals surface area contributed by atoms with E-state index in [0.717, 1.165) is 6.07 Å². The number of rotatable bonds is 7. The normalized spacial score (nSPS) is 10.1. The van der Waals surface area contributed by atoms with Gasteiger partial charge in [-0.3, -0.25) is 19.7 Å². The molecule has 0 fully saturated rings. The molecule has 8 nitrogen and oxygen atoms in total. The van der Waals surface area contributed by atoms with Gasteiger partial charge >= 0.3 is 5.97 Å². The Morgan fingerprint density at radius 2 is 1.81 bits per heavy atom. The average Bonchev–Trinajstić information content (AvgIpc) is 2.66. The smallest absolute Gasteiger partial charge is 0.345 e. The van der Waals surface area contributed by atoms with E-state index in [1.54, 1.807) is 19.1 Å². The minimum absolute atomic E-state index is 0.101. The summed E-state index contributed by atoms with van der Waals surface area (Å²) < 4.78 is 4.88. The van der Waals surface area contributed by atoms with Gasteiger partial charge in [0.2, 0.25) is 5.91 Å². The highest BCUT2D eigenvalue weighted by Crippen LogP contribution is 2.24. The summed E-state index contributed by atoms with van der Waals surface area (Å²) >= 11 is 5.69. The molecule has 0 atom stereocenters. The quantitative estimate of drug-likeness (QED) is 0.334. The van der Waals surface area contributed by atoms with E-state index in [1.807, 2.05) is 0 Å². The van der Waals surface area contributed by atoms with Gasteiger partial charge in [0.1, 0.15) is 5.56 Å². The first kappa shape index (κ1) is 20.1. The lowest BCUT2D eigenvalue weighted by molar-refractivity contribution is -0.385. The molecule has 0 aromatic heterocycles. The number of ketones is 1. The topological polar surface area (TPSA) is 116 Å². The number of nitro benzene ring substituents is 1. The van der Waals surface area contributed by atoms with Crippen molar-refractivity contribution in [3.8, 4) is 0 Å². The van der Waals surface area contributed by atoms with E-state index in [-0.39, 0.29) is 22.1 Å². The number of amides is 1. The molecule has 9 heteroatoms. The predicted octanol–water partition coefficient (Wildman–Crippen LogP) is 3.64. The molecule has 27 heavy (non-hydrogen) atoms. The van der Waals surface area contributed by atoms with Crippen LogP contribution in [0.5, 0.6) is 0 Å². The Bertz CT molecular complexity index is 895. The van der Waals surface area contributed by atoms with E-state index < -0.39 is 29.0 Å². The molecule has 0 radical (unpaired) electrons. The minimum Gasteiger partial charge on any atom is -0.454 e. The van der Waals surface area contributed by atoms with E-state index in [2.05, 4.69) is 5.32 Å². The molecule has 0 bridgehead atoms. The summed E-state index contributed by atoms with van der Waals surface area (Å²) in [5.74, 6) is -1.65. The molecule has 0 heterocycles. The number of hydrogen-bond acceptors (Lipinski definition) is 6. The molecule has 0 saturated heterocycles. The number of anilines is 1. The predicted molar refractivity (Wildman–Crippen MR) is 98.1 cm³/mol. The maximum Gasteiger partial charge on any atom is 0.345 e. The number of nitrogens with one attached hydrogen (secondary N) is 1. The largest absolute Gasteiger partial charge is 0.454 e. The third-order valence-electron chi connectivity index (χ3n) is 3.52. The fraction of sp³-hybridized carbons (Fsp3) is 0.167. The van der Waals surface area contributed by atoms with Crippen LogP contribution in [0.2, 0.25) is 5.02 Å². The number of carbonyl (C=O) groups excluding carboxylic acids is 3. The van der Waals surface area contributed by atoms with Crippen LogP contribution in [-0.2, 0) is 9.53 Å². The van der Waals surface area contributed by atoms with Crippen LogP contribution >= 0.6 is 11.6 Å². The fourth-order valence-electron chi connectivity index (χ4n) is 2.11. The lowest BCUT2D eigenvalue weighted by atomic mass is 10.1. The molecule has 0 unspecified atom stereocenters. The summed E-state index contributed by atoms with van der Waals surface area (Å²) in [5, 5.41) is 13.8. The van der Waals surface area contributed by atoms with Crippen LogP contribution in [0.15, 0.2) is 42.5 Å². The number of Topliss-reactive ketones (excluding diaryl/α,β-unsaturated/α-hetero) is 1. The number of halogens is 1. The van der Waals surface area contributed by atoms with Crippen molar-refractivity contribution in [1.29, 1.82) is 0 Å². The van der Waals surface area contributed by atoms with Crippen molar-refractivity contribution >= 4 is 40.6 Å². The number of hydrogen-bond donors (Lipinski definition) is 1. The third kappa shape index (κ3) is 5.35. The Hall–Kier alpha value is -3.26. The van der Waals surface area contributed by atoms with Gasteiger partial charge in [-0.2, -0.15) is 0 Å². The van der Waals surface area contributed by atoms with E-state index >= 15 is 0 Å². The lowest BCUT2D eigenvalue weighted by Gasteiger charge is -2.07. The van der Waals surface area contributed by atoms with E-state index in [4.69, 9.17) is 16.3 Å². The Morgan fingerprint density at radius 1 is 1.15 bits per heavy atom. The summed E-state index contributed by atoms with van der Waals surface area (Å²) in [6, 6.07) is 9.57. The van der Waals surface area contributed by atoms with Crippen LogP contribution in [0.4, 0.5) is 11.4 Å². The van der Waals surface area contributed by atoms with Crippen LogP contribution in [0.1, 0.15) is 34.1 Å². The molecule has 2 rings (SSSR count). The molecule has 0 aliphatic carbocycles. The van der Waals surface area contributed by atoms with Crippen LogP contribution in [0.3, 0.4) is 0 Å². The molecular formula is C18H15ClN2O6. The molecule has 140 valence electrons. The Morgan fingerprint density at radius 3 is 2.41 bits per heavy atom. The second-order valence-electron chi connectivity index (χ2n) is 5.40. The van der Waals surface area contributed by atoms with Crippen molar-refractivity contribution in [3.63, 3.8) is 0 Å². The van der Waals surface area contributed by atoms with Crippen LogP contribution in [-0.4, -0.2) is 29.2 Å². The zero-order valence-corrected chi connectivity index (χ0v) is 15.0. The molecule has 2 aromatic rings. The van der Waals surface area contributed by atoms with E-state index in [1.165, 1.54) is 24.3 Å². The zero-order chi connectivity index (χ0) is 20.0. The van der Waals surface area contributed by atoms with Gasteiger partial charge in [-0.1, -0.05) is 18.5 Å². The summed E-state index contributed by atoms with van der Waals surface area (Å²) in [7, 11) is 0. The molecule has 0 saturated carbocycles. The second-order valence-corrected chi connectivity index (χ2v) is 5.83. The maximum atomic E-state index is 12.1. The van der Waals surface area contributed by atoms with Crippen molar-refractivity contribution in [2.75, 3.05) is 11.9 Å². The molecule has 0 spiro atoms. The fourth-order valence-corrected chi connectivity index (χ4v) is 2.28. The SMILES string of the molecule is CCC(=O)Nc1ccc(C(=O)COC(=O)c2ccc(Cl)cc2[N+](=O)[O-])cc1. The van der Waals surface area contributed by atoms with Gasteiger partial charge in [0.25, 0.3) is 5.69 Å². The van der Waals surface area contributed by atoms with Crippen molar-refractivity contribution in [1.82, 2.24) is 0 Å². The third-order valence-corrected chi connectivity index (χ3v) is 3.76. The van der Waals surface area contributed by atoms with Crippen molar-refractivity contribution in [3.05, 3.63) is 68.7 Å². The average molecular weight is 391 g/mol. The number of benzene rings is 2. The van der Waals surface area contributed by atoms with Gasteiger partial charge in [-0.15, -0.1) is 0 Å². The Labute approximate surface area is 159 Å². The standard InChI is InChI=1S/C18H15ClN2O6/c1-2-17(23)20-13-6-3-11(4-7-13)16(22)10-27-18(24)14-8-5-12(19)9-15(14)21(25)26/h3-9H,2,10H2,1H3,(H,20,23). The van der Waals surface area contributed by atoms with Gasteiger partial charge in [0, 0.05) is 28.8 Å². The first-order chi connectivity index (χ1) is 12.8. The van der Waals surface area contributed by atoms with Gasteiger partial charge in [0.05, 0.1) is 4.92 Å². The highest BCUT2D eigenvalue weighted by atomic mass is 35.5. The van der Waals surface area contributed by atoms with Gasteiger partial charge in [0.15, 0.2) is 12.4 Å². The molecule has 0 aliphatic heterocycles. The second kappa shape index (κ2) is 8.91. The van der Waals surface area contributed by atoms with E-state index in [9.17, 15) is 24.5 Å². The highest BCUT2D eigenvalue weighted by molar-refractivity contribution is 6.31. The maximum absolute atomic E-state index is 12.1. The number of nitro groups is 1. The molecule has 0 aliphatic rings. The number of nitrogens with zero attached hydrogens (tertiary/aromatic N) is 1. The first-order valence-electron chi connectivity index (χ1n) is 7.86. The monoisotopic (exact) mass is 390 g/mol. The van der Waals surface area contributed by atoms with Crippen LogP contribution in [0.25, 0.3) is 0 Å². The lowest BCUT2D eigenvalue weighted by Crippen LogP contribution is -2.15. The van der Waals surface area contributed by atoms with Gasteiger partial charge in [-0.05, 0) is 36.4 Å². The Balaban J connectivity index is 2.02. The minimum atomic E-state index is -1.00. The summed E-state index contributed by atoms with van der Waals surface area (Å²) in [5.41, 5.74) is 0.000815. The Kier molecular flexibility index (Phi) is 6.62. The molecule has 1 N–H and O–H groups in total. The molecule has 2 aromatic carbocycles. The van der Waals surface area contributed by atoms with Gasteiger partial charge < -0.3 is 10.1 Å². The number of carbonyl (C=O) groups is 3. The summed E-state index contributed by atoms with van der Waals surface area (Å²) in [4.78, 5) is 45.8. The zero-order valence-electron chi connectivity index (χ0n) is 14.2. The summed E-state index contributed by atoms with van der Waals surface area (Å²) in [6.07, 6.45) is 0.327. The number of esters is 1. The molecule has 1 amide bonds. The van der Waals surface area contributed by atoms with Crippen molar-refractivity contribution < 1.29 is 24.0 Å². The van der Waals surface area contributed by atoms with E-state index in [0.29, 0.717) is 12.1 Å². The van der Waals surface area contributed by atoms with Crippen LogP contribution in [0, 0.1) is 10.1 Å². The highest BCUT2D eigenvalue weighted by Gasteiger charge is 2.22. The van der Waals surface area contributed by atoms with Crippen molar-refractivity contribution in [2.45, 2.75) is 13.3 Å². The summed E-state index contributed by atoms with van der Waals surface area (Å²) in [6.45, 7) is 1.13.